The van der Waals surface area contributed by atoms with Crippen molar-refractivity contribution in [2.75, 3.05) is 18.6 Å². The second-order valence-corrected chi connectivity index (χ2v) is 6.66. The van der Waals surface area contributed by atoms with Crippen LogP contribution >= 0.6 is 0 Å². The lowest BCUT2D eigenvalue weighted by Gasteiger charge is -2.12. The Bertz CT molecular complexity index is 525. The minimum Gasteiger partial charge on any atom is -0.508 e. The van der Waals surface area contributed by atoms with Gasteiger partial charge in [-0.3, -0.25) is 4.79 Å². The molecule has 7 heteroatoms. The summed E-state index contributed by atoms with van der Waals surface area (Å²) in [5.41, 5.74) is 6.54. The molecule has 1 atom stereocenters. The topological polar surface area (TPSA) is 109 Å². The largest absolute Gasteiger partial charge is 0.508 e. The Hall–Kier alpha value is -1.60. The first kappa shape index (κ1) is 15.5. The molecule has 0 aliphatic rings. The van der Waals surface area contributed by atoms with E-state index in [9.17, 15) is 13.2 Å². The van der Waals surface area contributed by atoms with Crippen LogP contribution in [0.3, 0.4) is 0 Å². The Labute approximate surface area is 112 Å². The monoisotopic (exact) mass is 286 g/mol. The van der Waals surface area contributed by atoms with Crippen LogP contribution in [0.15, 0.2) is 24.3 Å². The molecule has 0 unspecified atom stereocenters. The third kappa shape index (κ3) is 6.21. The summed E-state index contributed by atoms with van der Waals surface area (Å²) in [6.07, 6.45) is 1.43. The van der Waals surface area contributed by atoms with Gasteiger partial charge >= 0.3 is 0 Å². The third-order valence-corrected chi connectivity index (χ3v) is 3.45. The Morgan fingerprint density at radius 3 is 2.47 bits per heavy atom. The van der Waals surface area contributed by atoms with E-state index in [0.717, 1.165) is 11.8 Å². The molecule has 0 spiro atoms. The smallest absolute Gasteiger partial charge is 0.237 e. The van der Waals surface area contributed by atoms with E-state index in [1.54, 1.807) is 12.1 Å². The fourth-order valence-corrected chi connectivity index (χ4v) is 1.94. The molecule has 1 rings (SSSR count). The van der Waals surface area contributed by atoms with E-state index < -0.39 is 21.8 Å². The van der Waals surface area contributed by atoms with Crippen LogP contribution < -0.4 is 11.1 Å². The van der Waals surface area contributed by atoms with Crippen LogP contribution in [0.5, 0.6) is 5.75 Å². The Morgan fingerprint density at radius 1 is 1.37 bits per heavy atom. The molecule has 4 N–H and O–H groups in total. The maximum atomic E-state index is 11.6. The number of phenolic OH excluding ortho intramolecular Hbond substituents is 1. The van der Waals surface area contributed by atoms with Gasteiger partial charge in [-0.2, -0.15) is 0 Å². The summed E-state index contributed by atoms with van der Waals surface area (Å²) in [4.78, 5) is 11.6. The molecule has 0 saturated heterocycles. The normalized spacial score (nSPS) is 12.9. The van der Waals surface area contributed by atoms with E-state index in [0.29, 0.717) is 6.42 Å². The molecule has 0 saturated carbocycles. The van der Waals surface area contributed by atoms with E-state index in [1.807, 2.05) is 0 Å². The van der Waals surface area contributed by atoms with Gasteiger partial charge in [0.2, 0.25) is 5.91 Å². The van der Waals surface area contributed by atoms with Crippen molar-refractivity contribution in [2.24, 2.45) is 5.73 Å². The average Bonchev–Trinajstić information content (AvgIpc) is 2.30. The van der Waals surface area contributed by atoms with E-state index in [4.69, 9.17) is 10.8 Å². The number of hydrogen-bond acceptors (Lipinski definition) is 5. The van der Waals surface area contributed by atoms with Crippen molar-refractivity contribution >= 4 is 15.7 Å². The first-order valence-electron chi connectivity index (χ1n) is 5.77. The molecule has 1 amide bonds. The fourth-order valence-electron chi connectivity index (χ4n) is 1.47. The summed E-state index contributed by atoms with van der Waals surface area (Å²) in [7, 11) is -3.09. The second-order valence-electron chi connectivity index (χ2n) is 4.40. The van der Waals surface area contributed by atoms with Gasteiger partial charge in [0, 0.05) is 12.8 Å². The predicted octanol–water partition coefficient (Wildman–Crippen LogP) is -0.577. The highest BCUT2D eigenvalue weighted by Crippen LogP contribution is 2.10. The molecule has 106 valence electrons. The number of carbonyl (C=O) groups is 1. The van der Waals surface area contributed by atoms with Gasteiger partial charge in [0.1, 0.15) is 15.6 Å². The lowest BCUT2D eigenvalue weighted by atomic mass is 10.1. The Kier molecular flexibility index (Phi) is 5.31. The Morgan fingerprint density at radius 2 is 1.95 bits per heavy atom. The number of benzene rings is 1. The van der Waals surface area contributed by atoms with Crippen LogP contribution in [-0.2, 0) is 21.1 Å². The van der Waals surface area contributed by atoms with Crippen molar-refractivity contribution < 1.29 is 18.3 Å². The van der Waals surface area contributed by atoms with Crippen molar-refractivity contribution in [3.05, 3.63) is 29.8 Å². The highest BCUT2D eigenvalue weighted by atomic mass is 32.2. The van der Waals surface area contributed by atoms with Crippen LogP contribution in [0.2, 0.25) is 0 Å². The molecule has 19 heavy (non-hydrogen) atoms. The molecule has 0 aromatic heterocycles. The summed E-state index contributed by atoms with van der Waals surface area (Å²) in [6, 6.07) is 5.65. The molecule has 0 radical (unpaired) electrons. The number of phenols is 1. The number of amides is 1. The molecule has 6 nitrogen and oxygen atoms in total. The quantitative estimate of drug-likeness (QED) is 0.648. The molecule has 1 aromatic rings. The number of aromatic hydroxyl groups is 1. The summed E-state index contributed by atoms with van der Waals surface area (Å²) in [5, 5.41) is 11.6. The third-order valence-electron chi connectivity index (χ3n) is 2.50. The van der Waals surface area contributed by atoms with Gasteiger partial charge < -0.3 is 16.2 Å². The van der Waals surface area contributed by atoms with Crippen molar-refractivity contribution in [1.29, 1.82) is 0 Å². The van der Waals surface area contributed by atoms with Crippen molar-refractivity contribution in [3.8, 4) is 5.75 Å². The predicted molar refractivity (Wildman–Crippen MR) is 72.5 cm³/mol. The zero-order valence-corrected chi connectivity index (χ0v) is 11.5. The second kappa shape index (κ2) is 6.53. The molecule has 0 heterocycles. The van der Waals surface area contributed by atoms with Gasteiger partial charge in [-0.1, -0.05) is 12.1 Å². The summed E-state index contributed by atoms with van der Waals surface area (Å²) in [6.45, 7) is 0.0565. The molecule has 0 fully saturated rings. The number of hydrogen-bond donors (Lipinski definition) is 3. The minimum absolute atomic E-state index is 0.0565. The molecular formula is C12H18N2O4S. The SMILES string of the molecule is CS(=O)(=O)CCNC(=O)[C@H](N)Cc1ccc(O)cc1. The molecule has 0 bridgehead atoms. The highest BCUT2D eigenvalue weighted by Gasteiger charge is 2.14. The average molecular weight is 286 g/mol. The number of carbonyl (C=O) groups excluding carboxylic acids is 1. The van der Waals surface area contributed by atoms with E-state index in [-0.39, 0.29) is 18.0 Å². The molecule has 0 aliphatic heterocycles. The van der Waals surface area contributed by atoms with Gasteiger partial charge in [0.15, 0.2) is 0 Å². The van der Waals surface area contributed by atoms with Crippen LogP contribution in [0, 0.1) is 0 Å². The first-order chi connectivity index (χ1) is 8.78. The number of nitrogens with one attached hydrogen (secondary N) is 1. The zero-order chi connectivity index (χ0) is 14.5. The fraction of sp³-hybridized carbons (Fsp3) is 0.417. The van der Waals surface area contributed by atoms with Crippen LogP contribution in [-0.4, -0.2) is 44.0 Å². The van der Waals surface area contributed by atoms with Gasteiger partial charge in [-0.05, 0) is 24.1 Å². The van der Waals surface area contributed by atoms with Crippen molar-refractivity contribution in [2.45, 2.75) is 12.5 Å². The van der Waals surface area contributed by atoms with Gasteiger partial charge in [-0.25, -0.2) is 8.42 Å². The molecule has 1 aromatic carbocycles. The highest BCUT2D eigenvalue weighted by molar-refractivity contribution is 7.90. The van der Waals surface area contributed by atoms with Crippen LogP contribution in [0.1, 0.15) is 5.56 Å². The maximum absolute atomic E-state index is 11.6. The van der Waals surface area contributed by atoms with E-state index >= 15 is 0 Å². The van der Waals surface area contributed by atoms with E-state index in [2.05, 4.69) is 5.32 Å². The van der Waals surface area contributed by atoms with E-state index in [1.165, 1.54) is 12.1 Å². The van der Waals surface area contributed by atoms with Crippen molar-refractivity contribution in [3.63, 3.8) is 0 Å². The van der Waals surface area contributed by atoms with Crippen LogP contribution in [0.25, 0.3) is 0 Å². The lowest BCUT2D eigenvalue weighted by molar-refractivity contribution is -0.122. The van der Waals surface area contributed by atoms with Gasteiger partial charge in [0.05, 0.1) is 11.8 Å². The zero-order valence-electron chi connectivity index (χ0n) is 10.7. The summed E-state index contributed by atoms with van der Waals surface area (Å²) < 4.78 is 21.8. The first-order valence-corrected chi connectivity index (χ1v) is 7.83. The van der Waals surface area contributed by atoms with Crippen molar-refractivity contribution in [1.82, 2.24) is 5.32 Å². The Balaban J connectivity index is 2.42. The number of nitrogens with two attached hydrogens (primary N) is 1. The number of rotatable bonds is 6. The maximum Gasteiger partial charge on any atom is 0.237 e. The van der Waals surface area contributed by atoms with Crippen LogP contribution in [0.4, 0.5) is 0 Å². The summed E-state index contributed by atoms with van der Waals surface area (Å²) in [5.74, 6) is -0.350. The minimum atomic E-state index is -3.09. The number of sulfone groups is 1. The van der Waals surface area contributed by atoms with Gasteiger partial charge in [0.25, 0.3) is 0 Å². The standard InChI is InChI=1S/C12H18N2O4S/c1-19(17,18)7-6-14-12(16)11(13)8-9-2-4-10(15)5-3-9/h2-5,11,15H,6-8,13H2,1H3,(H,14,16)/t11-/m1/s1. The molecule has 0 aliphatic carbocycles. The van der Waals surface area contributed by atoms with Gasteiger partial charge in [-0.15, -0.1) is 0 Å². The summed E-state index contributed by atoms with van der Waals surface area (Å²) >= 11 is 0. The molecular weight excluding hydrogens is 268 g/mol. The lowest BCUT2D eigenvalue weighted by Crippen LogP contribution is -2.43.